The van der Waals surface area contributed by atoms with Gasteiger partial charge in [0.25, 0.3) is 0 Å². The van der Waals surface area contributed by atoms with Crippen LogP contribution < -0.4 is 0 Å². The van der Waals surface area contributed by atoms with E-state index >= 15 is 0 Å². The molecule has 6 nitrogen and oxygen atoms in total. The fourth-order valence-electron chi connectivity index (χ4n) is 2.17. The van der Waals surface area contributed by atoms with Crippen molar-refractivity contribution >= 4 is 11.3 Å². The van der Waals surface area contributed by atoms with Gasteiger partial charge >= 0.3 is 0 Å². The molecule has 7 heteroatoms. The molecular weight excluding hydrogens is 264 g/mol. The molecule has 0 aliphatic carbocycles. The molecule has 0 aromatic carbocycles. The molecule has 2 aromatic rings. The maximum Gasteiger partial charge on any atom is 0.246 e. The number of hydrogen-bond acceptors (Lipinski definition) is 7. The average molecular weight is 280 g/mol. The highest BCUT2D eigenvalue weighted by atomic mass is 32.1. The third kappa shape index (κ3) is 2.68. The van der Waals surface area contributed by atoms with E-state index in [0.29, 0.717) is 18.3 Å². The Morgan fingerprint density at radius 3 is 3.05 bits per heavy atom. The summed E-state index contributed by atoms with van der Waals surface area (Å²) in [5.41, 5.74) is 2.98. The van der Waals surface area contributed by atoms with Gasteiger partial charge in [-0.15, -0.1) is 11.3 Å². The van der Waals surface area contributed by atoms with Crippen LogP contribution in [0.4, 0.5) is 0 Å². The zero-order valence-corrected chi connectivity index (χ0v) is 11.8. The SMILES string of the molecule is Cc1noc([C@@H]2COCCN2Cc2scnc2C)n1. The van der Waals surface area contributed by atoms with Crippen molar-refractivity contribution in [2.45, 2.75) is 26.4 Å². The normalized spacial score (nSPS) is 20.8. The molecular formula is C12H16N4O2S. The van der Waals surface area contributed by atoms with Crippen molar-refractivity contribution in [2.75, 3.05) is 19.8 Å². The quantitative estimate of drug-likeness (QED) is 0.853. The lowest BCUT2D eigenvalue weighted by Crippen LogP contribution is -2.39. The standard InChI is InChI=1S/C12H16N4O2S/c1-8-11(19-7-13-8)5-16-3-4-17-6-10(16)12-14-9(2)15-18-12/h7,10H,3-6H2,1-2H3/t10-/m0/s1. The maximum absolute atomic E-state index is 5.54. The second-order valence-electron chi connectivity index (χ2n) is 4.60. The van der Waals surface area contributed by atoms with Crippen LogP contribution in [0, 0.1) is 13.8 Å². The highest BCUT2D eigenvalue weighted by Crippen LogP contribution is 2.26. The molecule has 0 radical (unpaired) electrons. The van der Waals surface area contributed by atoms with Gasteiger partial charge in [-0.05, 0) is 13.8 Å². The number of nitrogens with zero attached hydrogens (tertiary/aromatic N) is 4. The predicted octanol–water partition coefficient (Wildman–Crippen LogP) is 1.72. The molecule has 0 bridgehead atoms. The van der Waals surface area contributed by atoms with E-state index in [1.807, 2.05) is 19.4 Å². The van der Waals surface area contributed by atoms with E-state index in [-0.39, 0.29) is 6.04 Å². The van der Waals surface area contributed by atoms with Gasteiger partial charge in [0, 0.05) is 18.0 Å². The number of aryl methyl sites for hydroxylation is 2. The predicted molar refractivity (Wildman–Crippen MR) is 69.9 cm³/mol. The van der Waals surface area contributed by atoms with Gasteiger partial charge in [-0.2, -0.15) is 4.98 Å². The Hall–Kier alpha value is -1.31. The number of ether oxygens (including phenoxy) is 1. The Morgan fingerprint density at radius 1 is 1.47 bits per heavy atom. The van der Waals surface area contributed by atoms with Crippen LogP contribution in [0.1, 0.15) is 28.3 Å². The molecule has 3 rings (SSSR count). The highest BCUT2D eigenvalue weighted by Gasteiger charge is 2.29. The molecule has 102 valence electrons. The van der Waals surface area contributed by atoms with Crippen LogP contribution >= 0.6 is 11.3 Å². The topological polar surface area (TPSA) is 64.3 Å². The Bertz CT molecular complexity index is 553. The summed E-state index contributed by atoms with van der Waals surface area (Å²) < 4.78 is 10.8. The van der Waals surface area contributed by atoms with Gasteiger partial charge in [0.15, 0.2) is 5.82 Å². The lowest BCUT2D eigenvalue weighted by atomic mass is 10.2. The first-order valence-electron chi connectivity index (χ1n) is 6.25. The monoisotopic (exact) mass is 280 g/mol. The number of morpholine rings is 1. The van der Waals surface area contributed by atoms with Crippen molar-refractivity contribution in [1.29, 1.82) is 0 Å². The number of hydrogen-bond donors (Lipinski definition) is 0. The molecule has 0 unspecified atom stereocenters. The molecule has 2 aromatic heterocycles. The summed E-state index contributed by atoms with van der Waals surface area (Å²) in [7, 11) is 0. The van der Waals surface area contributed by atoms with Gasteiger partial charge in [0.05, 0.1) is 24.4 Å². The molecule has 1 saturated heterocycles. The minimum absolute atomic E-state index is 0.0384. The zero-order valence-electron chi connectivity index (χ0n) is 11.0. The van der Waals surface area contributed by atoms with Gasteiger partial charge in [0.1, 0.15) is 6.04 Å². The van der Waals surface area contributed by atoms with E-state index in [0.717, 1.165) is 25.4 Å². The van der Waals surface area contributed by atoms with Gasteiger partial charge < -0.3 is 9.26 Å². The van der Waals surface area contributed by atoms with Crippen LogP contribution in [0.5, 0.6) is 0 Å². The number of rotatable bonds is 3. The van der Waals surface area contributed by atoms with Gasteiger partial charge in [0.2, 0.25) is 5.89 Å². The Labute approximate surface area is 115 Å². The summed E-state index contributed by atoms with van der Waals surface area (Å²) in [6.45, 7) is 6.92. The van der Waals surface area contributed by atoms with E-state index in [9.17, 15) is 0 Å². The highest BCUT2D eigenvalue weighted by molar-refractivity contribution is 7.09. The second kappa shape index (κ2) is 5.36. The summed E-state index contributed by atoms with van der Waals surface area (Å²) in [5.74, 6) is 1.30. The number of aromatic nitrogens is 3. The number of thiazole rings is 1. The van der Waals surface area contributed by atoms with Crippen LogP contribution in [-0.2, 0) is 11.3 Å². The van der Waals surface area contributed by atoms with Crippen molar-refractivity contribution in [3.63, 3.8) is 0 Å². The summed E-state index contributed by atoms with van der Waals surface area (Å²) in [6.07, 6.45) is 0. The molecule has 1 aliphatic heterocycles. The van der Waals surface area contributed by atoms with Crippen molar-refractivity contribution in [3.05, 3.63) is 27.8 Å². The summed E-state index contributed by atoms with van der Waals surface area (Å²) in [4.78, 5) is 12.2. The van der Waals surface area contributed by atoms with Crippen molar-refractivity contribution in [1.82, 2.24) is 20.0 Å². The molecule has 19 heavy (non-hydrogen) atoms. The lowest BCUT2D eigenvalue weighted by Gasteiger charge is -2.32. The van der Waals surface area contributed by atoms with E-state index in [1.54, 1.807) is 11.3 Å². The summed E-state index contributed by atoms with van der Waals surface area (Å²) in [5, 5.41) is 3.86. The fraction of sp³-hybridized carbons (Fsp3) is 0.583. The fourth-order valence-corrected chi connectivity index (χ4v) is 2.97. The molecule has 0 N–H and O–H groups in total. The first-order chi connectivity index (χ1) is 9.24. The van der Waals surface area contributed by atoms with Crippen LogP contribution in [0.25, 0.3) is 0 Å². The molecule has 1 fully saturated rings. The smallest absolute Gasteiger partial charge is 0.246 e. The first kappa shape index (κ1) is 12.7. The Morgan fingerprint density at radius 2 is 2.37 bits per heavy atom. The Balaban J connectivity index is 1.79. The van der Waals surface area contributed by atoms with Gasteiger partial charge in [-0.25, -0.2) is 4.98 Å². The largest absolute Gasteiger partial charge is 0.378 e. The van der Waals surface area contributed by atoms with Crippen molar-refractivity contribution in [3.8, 4) is 0 Å². The molecule has 1 aliphatic rings. The molecule has 0 spiro atoms. The van der Waals surface area contributed by atoms with Crippen LogP contribution in [0.15, 0.2) is 10.0 Å². The Kier molecular flexibility index (Phi) is 3.58. The average Bonchev–Trinajstić information content (AvgIpc) is 3.00. The zero-order chi connectivity index (χ0) is 13.2. The molecule has 3 heterocycles. The summed E-state index contributed by atoms with van der Waals surface area (Å²) in [6, 6.07) is 0.0384. The molecule has 1 atom stereocenters. The third-order valence-electron chi connectivity index (χ3n) is 3.26. The first-order valence-corrected chi connectivity index (χ1v) is 7.13. The minimum atomic E-state index is 0.0384. The maximum atomic E-state index is 5.54. The van der Waals surface area contributed by atoms with E-state index in [2.05, 4.69) is 20.0 Å². The molecule has 0 saturated carbocycles. The third-order valence-corrected chi connectivity index (χ3v) is 4.18. The van der Waals surface area contributed by atoms with Crippen molar-refractivity contribution in [2.24, 2.45) is 0 Å². The van der Waals surface area contributed by atoms with Gasteiger partial charge in [-0.3, -0.25) is 4.90 Å². The van der Waals surface area contributed by atoms with Crippen LogP contribution in [-0.4, -0.2) is 39.8 Å². The lowest BCUT2D eigenvalue weighted by molar-refractivity contribution is -0.0237. The van der Waals surface area contributed by atoms with E-state index in [4.69, 9.17) is 9.26 Å². The van der Waals surface area contributed by atoms with Crippen LogP contribution in [0.2, 0.25) is 0 Å². The van der Waals surface area contributed by atoms with E-state index < -0.39 is 0 Å². The minimum Gasteiger partial charge on any atom is -0.378 e. The van der Waals surface area contributed by atoms with Crippen molar-refractivity contribution < 1.29 is 9.26 Å². The molecule has 0 amide bonds. The van der Waals surface area contributed by atoms with E-state index in [1.165, 1.54) is 4.88 Å². The van der Waals surface area contributed by atoms with Gasteiger partial charge in [-0.1, -0.05) is 5.16 Å². The summed E-state index contributed by atoms with van der Waals surface area (Å²) >= 11 is 1.69. The van der Waals surface area contributed by atoms with Crippen LogP contribution in [0.3, 0.4) is 0 Å². The second-order valence-corrected chi connectivity index (χ2v) is 5.54.